The second kappa shape index (κ2) is 6.72. The minimum Gasteiger partial charge on any atom is -0.461 e. The second-order valence-corrected chi connectivity index (χ2v) is 6.14. The maximum absolute atomic E-state index is 11.9. The summed E-state index contributed by atoms with van der Waals surface area (Å²) in [6, 6.07) is 8.85. The second-order valence-electron chi connectivity index (χ2n) is 5.70. The van der Waals surface area contributed by atoms with Crippen LogP contribution < -0.4 is 0 Å². The molecule has 0 saturated heterocycles. The van der Waals surface area contributed by atoms with Crippen molar-refractivity contribution in [1.82, 2.24) is 9.78 Å². The molecular formula is C17H19ClN2O3. The number of carbonyl (C=O) groups is 1. The van der Waals surface area contributed by atoms with Gasteiger partial charge in [0, 0.05) is 16.6 Å². The Hall–Kier alpha value is -1.85. The quantitative estimate of drug-likeness (QED) is 0.823. The molecule has 0 bridgehead atoms. The van der Waals surface area contributed by atoms with Gasteiger partial charge in [-0.1, -0.05) is 23.7 Å². The summed E-state index contributed by atoms with van der Waals surface area (Å²) in [5.41, 5.74) is 2.06. The number of esters is 1. The van der Waals surface area contributed by atoms with Crippen LogP contribution >= 0.6 is 11.6 Å². The van der Waals surface area contributed by atoms with E-state index in [-0.39, 0.29) is 0 Å². The van der Waals surface area contributed by atoms with Gasteiger partial charge in [0.15, 0.2) is 5.69 Å². The average molecular weight is 335 g/mol. The molecule has 1 saturated carbocycles. The van der Waals surface area contributed by atoms with Crippen molar-refractivity contribution in [2.75, 3.05) is 6.61 Å². The third-order valence-corrected chi connectivity index (χ3v) is 4.14. The van der Waals surface area contributed by atoms with Gasteiger partial charge in [-0.05, 0) is 43.5 Å². The number of ether oxygens (including phenoxy) is 1. The topological polar surface area (TPSA) is 64.3 Å². The monoisotopic (exact) mass is 334 g/mol. The molecule has 0 radical (unpaired) electrons. The molecule has 1 aromatic carbocycles. The van der Waals surface area contributed by atoms with Crippen molar-refractivity contribution >= 4 is 17.6 Å². The fourth-order valence-corrected chi connectivity index (χ4v) is 2.67. The van der Waals surface area contributed by atoms with Crippen molar-refractivity contribution < 1.29 is 14.6 Å². The minimum atomic E-state index is -0.709. The highest BCUT2D eigenvalue weighted by atomic mass is 35.5. The van der Waals surface area contributed by atoms with Gasteiger partial charge in [0.05, 0.1) is 19.3 Å². The Bertz CT molecular complexity index is 692. The van der Waals surface area contributed by atoms with E-state index in [0.29, 0.717) is 29.8 Å². The van der Waals surface area contributed by atoms with Gasteiger partial charge >= 0.3 is 5.97 Å². The summed E-state index contributed by atoms with van der Waals surface area (Å²) in [6.45, 7) is 2.38. The Kier molecular flexibility index (Phi) is 4.68. The van der Waals surface area contributed by atoms with Crippen LogP contribution in [0.25, 0.3) is 0 Å². The Balaban J connectivity index is 1.80. The highest BCUT2D eigenvalue weighted by Crippen LogP contribution is 2.40. The summed E-state index contributed by atoms with van der Waals surface area (Å²) in [4.78, 5) is 11.9. The lowest BCUT2D eigenvalue weighted by Crippen LogP contribution is -2.13. The first-order valence-corrected chi connectivity index (χ1v) is 8.14. The molecule has 1 fully saturated rings. The molecule has 1 aliphatic carbocycles. The number of aromatic nitrogens is 2. The molecular weight excluding hydrogens is 316 g/mol. The first-order chi connectivity index (χ1) is 11.1. The zero-order valence-corrected chi connectivity index (χ0v) is 13.7. The number of nitrogens with zero attached hydrogens (tertiary/aromatic N) is 2. The molecule has 1 atom stereocenters. The number of rotatable bonds is 6. The van der Waals surface area contributed by atoms with E-state index in [4.69, 9.17) is 16.3 Å². The van der Waals surface area contributed by atoms with Crippen molar-refractivity contribution in [1.29, 1.82) is 0 Å². The Morgan fingerprint density at radius 2 is 2.13 bits per heavy atom. The lowest BCUT2D eigenvalue weighted by Gasteiger charge is -2.13. The molecule has 122 valence electrons. The molecule has 0 amide bonds. The summed E-state index contributed by atoms with van der Waals surface area (Å²) >= 11 is 5.87. The van der Waals surface area contributed by atoms with E-state index in [0.717, 1.165) is 24.1 Å². The van der Waals surface area contributed by atoms with E-state index in [9.17, 15) is 9.90 Å². The van der Waals surface area contributed by atoms with E-state index < -0.39 is 12.1 Å². The predicted octanol–water partition coefficient (Wildman–Crippen LogP) is 3.32. The van der Waals surface area contributed by atoms with Gasteiger partial charge in [0.1, 0.15) is 0 Å². The number of aliphatic hydroxyl groups is 1. The molecule has 1 N–H and O–H groups in total. The molecule has 1 heterocycles. The third-order valence-electron chi connectivity index (χ3n) is 3.89. The normalized spacial score (nSPS) is 15.4. The number of carbonyl (C=O) groups excluding carboxylic acids is 1. The Morgan fingerprint density at radius 1 is 1.43 bits per heavy atom. The Labute approximate surface area is 139 Å². The minimum absolute atomic E-state index is 0.298. The van der Waals surface area contributed by atoms with Crippen LogP contribution in [0.5, 0.6) is 0 Å². The predicted molar refractivity (Wildman–Crippen MR) is 86.6 cm³/mol. The largest absolute Gasteiger partial charge is 0.461 e. The maximum Gasteiger partial charge on any atom is 0.358 e. The highest BCUT2D eigenvalue weighted by molar-refractivity contribution is 6.30. The van der Waals surface area contributed by atoms with Crippen LogP contribution in [0, 0.1) is 0 Å². The first kappa shape index (κ1) is 16.0. The molecule has 5 nitrogen and oxygen atoms in total. The standard InChI is InChI=1S/C17H19ClN2O3/c1-2-23-17(22)14-9-15(11-3-4-11)20(19-14)10-16(21)12-5-7-13(18)8-6-12/h5-9,11,16,21H,2-4,10H2,1H3. The third kappa shape index (κ3) is 3.74. The summed E-state index contributed by atoms with van der Waals surface area (Å²) in [7, 11) is 0. The smallest absolute Gasteiger partial charge is 0.358 e. The number of aliphatic hydroxyl groups excluding tert-OH is 1. The summed E-state index contributed by atoms with van der Waals surface area (Å²) < 4.78 is 6.73. The van der Waals surface area contributed by atoms with E-state index in [1.807, 2.05) is 0 Å². The van der Waals surface area contributed by atoms with Gasteiger partial charge in [-0.3, -0.25) is 4.68 Å². The highest BCUT2D eigenvalue weighted by Gasteiger charge is 2.30. The molecule has 3 rings (SSSR count). The van der Waals surface area contributed by atoms with Gasteiger partial charge in [-0.15, -0.1) is 0 Å². The van der Waals surface area contributed by atoms with E-state index in [2.05, 4.69) is 5.10 Å². The van der Waals surface area contributed by atoms with Crippen molar-refractivity contribution in [3.05, 3.63) is 52.3 Å². The summed E-state index contributed by atoms with van der Waals surface area (Å²) in [5.74, 6) is -0.00257. The fourth-order valence-electron chi connectivity index (χ4n) is 2.54. The molecule has 1 aliphatic rings. The van der Waals surface area contributed by atoms with E-state index in [1.165, 1.54) is 0 Å². The van der Waals surface area contributed by atoms with Crippen LogP contribution in [0.1, 0.15) is 53.5 Å². The van der Waals surface area contributed by atoms with Crippen LogP contribution in [0.15, 0.2) is 30.3 Å². The fraction of sp³-hybridized carbons (Fsp3) is 0.412. The van der Waals surface area contributed by atoms with Crippen LogP contribution in [0.3, 0.4) is 0 Å². The average Bonchev–Trinajstić information content (AvgIpc) is 3.29. The number of hydrogen-bond donors (Lipinski definition) is 1. The number of benzene rings is 1. The van der Waals surface area contributed by atoms with Crippen LogP contribution in [-0.4, -0.2) is 27.5 Å². The van der Waals surface area contributed by atoms with E-state index >= 15 is 0 Å². The van der Waals surface area contributed by atoms with Crippen molar-refractivity contribution in [3.8, 4) is 0 Å². The SMILES string of the molecule is CCOC(=O)c1cc(C2CC2)n(CC(O)c2ccc(Cl)cc2)n1. The van der Waals surface area contributed by atoms with Crippen molar-refractivity contribution in [2.45, 2.75) is 38.3 Å². The lowest BCUT2D eigenvalue weighted by molar-refractivity contribution is 0.0517. The molecule has 2 aromatic rings. The summed E-state index contributed by atoms with van der Waals surface area (Å²) in [5, 5.41) is 15.4. The van der Waals surface area contributed by atoms with Gasteiger partial charge in [-0.2, -0.15) is 5.10 Å². The van der Waals surface area contributed by atoms with Crippen LogP contribution in [-0.2, 0) is 11.3 Å². The zero-order valence-electron chi connectivity index (χ0n) is 12.9. The van der Waals surface area contributed by atoms with Crippen LogP contribution in [0.2, 0.25) is 5.02 Å². The Morgan fingerprint density at radius 3 is 2.74 bits per heavy atom. The molecule has 0 aliphatic heterocycles. The van der Waals surface area contributed by atoms with Gasteiger partial charge in [0.2, 0.25) is 0 Å². The zero-order chi connectivity index (χ0) is 16.4. The summed E-state index contributed by atoms with van der Waals surface area (Å²) in [6.07, 6.45) is 1.47. The lowest BCUT2D eigenvalue weighted by atomic mass is 10.1. The van der Waals surface area contributed by atoms with Crippen molar-refractivity contribution in [2.24, 2.45) is 0 Å². The van der Waals surface area contributed by atoms with Gasteiger partial charge in [0.25, 0.3) is 0 Å². The molecule has 1 unspecified atom stereocenters. The molecule has 6 heteroatoms. The molecule has 0 spiro atoms. The van der Waals surface area contributed by atoms with Gasteiger partial charge < -0.3 is 9.84 Å². The number of halogens is 1. The van der Waals surface area contributed by atoms with E-state index in [1.54, 1.807) is 41.9 Å². The van der Waals surface area contributed by atoms with Crippen molar-refractivity contribution in [3.63, 3.8) is 0 Å². The van der Waals surface area contributed by atoms with Gasteiger partial charge in [-0.25, -0.2) is 4.79 Å². The van der Waals surface area contributed by atoms with Crippen LogP contribution in [0.4, 0.5) is 0 Å². The number of hydrogen-bond acceptors (Lipinski definition) is 4. The molecule has 23 heavy (non-hydrogen) atoms. The molecule has 1 aromatic heterocycles. The maximum atomic E-state index is 11.9. The first-order valence-electron chi connectivity index (χ1n) is 7.77.